The zero-order valence-electron chi connectivity index (χ0n) is 11.3. The van der Waals surface area contributed by atoms with Gasteiger partial charge in [0.25, 0.3) is 0 Å². The lowest BCUT2D eigenvalue weighted by molar-refractivity contribution is 0.0523. The van der Waals surface area contributed by atoms with Crippen LogP contribution in [0.3, 0.4) is 0 Å². The van der Waals surface area contributed by atoms with Crippen LogP contribution in [-0.4, -0.2) is 29.9 Å². The van der Waals surface area contributed by atoms with Crippen LogP contribution in [0.25, 0.3) is 0 Å². The number of aromatic nitrogens is 1. The molecule has 18 heavy (non-hydrogen) atoms. The Morgan fingerprint density at radius 2 is 2.28 bits per heavy atom. The molecule has 0 aromatic carbocycles. The summed E-state index contributed by atoms with van der Waals surface area (Å²) in [4.78, 5) is 11.5. The van der Waals surface area contributed by atoms with E-state index in [2.05, 4.69) is 10.5 Å². The highest BCUT2D eigenvalue weighted by atomic mass is 16.6. The number of nitrogens with two attached hydrogens (primary N) is 1. The van der Waals surface area contributed by atoms with Gasteiger partial charge >= 0.3 is 6.09 Å². The van der Waals surface area contributed by atoms with E-state index in [-0.39, 0.29) is 5.92 Å². The Labute approximate surface area is 107 Å². The molecule has 6 heteroatoms. The molecule has 1 amide bonds. The van der Waals surface area contributed by atoms with Crippen LogP contribution in [0.1, 0.15) is 38.1 Å². The third kappa shape index (κ3) is 4.75. The molecular formula is C12H21N3O3. The number of hydrogen-bond donors (Lipinski definition) is 2. The van der Waals surface area contributed by atoms with E-state index in [0.29, 0.717) is 18.8 Å². The molecule has 3 N–H and O–H groups in total. The highest BCUT2D eigenvalue weighted by molar-refractivity contribution is 5.67. The fourth-order valence-electron chi connectivity index (χ4n) is 1.40. The summed E-state index contributed by atoms with van der Waals surface area (Å²) in [7, 11) is 0. The summed E-state index contributed by atoms with van der Waals surface area (Å²) in [5.74, 6) is 0.574. The number of rotatable bonds is 4. The first-order valence-corrected chi connectivity index (χ1v) is 5.92. The fourth-order valence-corrected chi connectivity index (χ4v) is 1.40. The van der Waals surface area contributed by atoms with Crippen LogP contribution in [0, 0.1) is 6.92 Å². The van der Waals surface area contributed by atoms with Crippen LogP contribution in [0.15, 0.2) is 10.6 Å². The lowest BCUT2D eigenvalue weighted by Gasteiger charge is -2.20. The number of nitrogens with one attached hydrogen (secondary N) is 1. The molecule has 0 bridgehead atoms. The molecule has 0 aliphatic rings. The average Bonchev–Trinajstić information content (AvgIpc) is 2.63. The van der Waals surface area contributed by atoms with E-state index in [1.165, 1.54) is 0 Å². The minimum absolute atomic E-state index is 0.0984. The number of amides is 1. The second-order valence-electron chi connectivity index (χ2n) is 5.19. The number of carbonyl (C=O) groups is 1. The highest BCUT2D eigenvalue weighted by Crippen LogP contribution is 2.15. The van der Waals surface area contributed by atoms with Crippen molar-refractivity contribution in [3.05, 3.63) is 17.5 Å². The third-order valence-electron chi connectivity index (χ3n) is 2.22. The van der Waals surface area contributed by atoms with Gasteiger partial charge < -0.3 is 20.3 Å². The van der Waals surface area contributed by atoms with Gasteiger partial charge in [0, 0.05) is 25.1 Å². The Balaban J connectivity index is 2.48. The van der Waals surface area contributed by atoms with Crippen LogP contribution < -0.4 is 11.1 Å². The first kappa shape index (κ1) is 14.5. The zero-order chi connectivity index (χ0) is 13.8. The first-order valence-electron chi connectivity index (χ1n) is 5.92. The topological polar surface area (TPSA) is 90.4 Å². The molecular weight excluding hydrogens is 234 g/mol. The number of ether oxygens (including phenoxy) is 1. The number of nitrogens with zero attached hydrogens (tertiary/aromatic N) is 1. The SMILES string of the molecule is Cc1cc(C(CN)CNC(=O)OC(C)(C)C)on1. The molecule has 0 spiro atoms. The predicted molar refractivity (Wildman–Crippen MR) is 67.3 cm³/mol. The van der Waals surface area contributed by atoms with Gasteiger partial charge in [0.1, 0.15) is 11.4 Å². The summed E-state index contributed by atoms with van der Waals surface area (Å²) < 4.78 is 10.3. The van der Waals surface area contributed by atoms with Crippen molar-refractivity contribution >= 4 is 6.09 Å². The number of alkyl carbamates (subject to hydrolysis) is 1. The molecule has 6 nitrogen and oxygen atoms in total. The van der Waals surface area contributed by atoms with Crippen LogP contribution in [0.5, 0.6) is 0 Å². The maximum Gasteiger partial charge on any atom is 0.407 e. The van der Waals surface area contributed by atoms with Gasteiger partial charge in [0.2, 0.25) is 0 Å². The molecule has 1 aromatic rings. The number of hydrogen-bond acceptors (Lipinski definition) is 5. The van der Waals surface area contributed by atoms with E-state index in [1.807, 2.05) is 33.8 Å². The highest BCUT2D eigenvalue weighted by Gasteiger charge is 2.19. The van der Waals surface area contributed by atoms with E-state index in [0.717, 1.165) is 5.69 Å². The summed E-state index contributed by atoms with van der Waals surface area (Å²) in [5, 5.41) is 6.47. The van der Waals surface area contributed by atoms with Crippen molar-refractivity contribution in [1.82, 2.24) is 10.5 Å². The van der Waals surface area contributed by atoms with Gasteiger partial charge in [-0.15, -0.1) is 0 Å². The largest absolute Gasteiger partial charge is 0.444 e. The lowest BCUT2D eigenvalue weighted by atomic mass is 10.1. The van der Waals surface area contributed by atoms with Gasteiger partial charge in [-0.05, 0) is 27.7 Å². The van der Waals surface area contributed by atoms with Crippen molar-refractivity contribution in [3.63, 3.8) is 0 Å². The van der Waals surface area contributed by atoms with Crippen molar-refractivity contribution in [3.8, 4) is 0 Å². The summed E-state index contributed by atoms with van der Waals surface area (Å²) >= 11 is 0. The smallest absolute Gasteiger partial charge is 0.407 e. The minimum Gasteiger partial charge on any atom is -0.444 e. The van der Waals surface area contributed by atoms with E-state index in [4.69, 9.17) is 15.0 Å². The Bertz CT molecular complexity index is 396. The van der Waals surface area contributed by atoms with Gasteiger partial charge in [-0.3, -0.25) is 0 Å². The fraction of sp³-hybridized carbons (Fsp3) is 0.667. The molecule has 0 aliphatic heterocycles. The summed E-state index contributed by atoms with van der Waals surface area (Å²) in [6.45, 7) is 8.00. The molecule has 102 valence electrons. The van der Waals surface area contributed by atoms with Crippen LogP contribution in [-0.2, 0) is 4.74 Å². The van der Waals surface area contributed by atoms with Crippen LogP contribution in [0.4, 0.5) is 4.79 Å². The molecule has 0 saturated carbocycles. The lowest BCUT2D eigenvalue weighted by Crippen LogP contribution is -2.36. The van der Waals surface area contributed by atoms with Gasteiger partial charge in [0.15, 0.2) is 0 Å². The van der Waals surface area contributed by atoms with Crippen molar-refractivity contribution in [1.29, 1.82) is 0 Å². The van der Waals surface area contributed by atoms with Crippen molar-refractivity contribution < 1.29 is 14.1 Å². The molecule has 0 radical (unpaired) electrons. The predicted octanol–water partition coefficient (Wildman–Crippen LogP) is 1.55. The third-order valence-corrected chi connectivity index (χ3v) is 2.22. The average molecular weight is 255 g/mol. The molecule has 1 rings (SSSR count). The van der Waals surface area contributed by atoms with Gasteiger partial charge in [-0.2, -0.15) is 0 Å². The van der Waals surface area contributed by atoms with Gasteiger partial charge in [0.05, 0.1) is 5.69 Å². The zero-order valence-corrected chi connectivity index (χ0v) is 11.3. The monoisotopic (exact) mass is 255 g/mol. The normalized spacial score (nSPS) is 13.2. The quantitative estimate of drug-likeness (QED) is 0.851. The van der Waals surface area contributed by atoms with Crippen molar-refractivity contribution in [2.75, 3.05) is 13.1 Å². The Kier molecular flexibility index (Phi) is 4.72. The van der Waals surface area contributed by atoms with Crippen LogP contribution >= 0.6 is 0 Å². The number of aryl methyl sites for hydroxylation is 1. The molecule has 0 saturated heterocycles. The summed E-state index contributed by atoms with van der Waals surface area (Å²) in [6.07, 6.45) is -0.461. The van der Waals surface area contributed by atoms with Crippen molar-refractivity contribution in [2.45, 2.75) is 39.2 Å². The molecule has 1 heterocycles. The Hall–Kier alpha value is -1.56. The van der Waals surface area contributed by atoms with E-state index < -0.39 is 11.7 Å². The van der Waals surface area contributed by atoms with Crippen molar-refractivity contribution in [2.24, 2.45) is 5.73 Å². The molecule has 0 aliphatic carbocycles. The first-order chi connectivity index (χ1) is 8.31. The minimum atomic E-state index is -0.509. The second-order valence-corrected chi connectivity index (χ2v) is 5.19. The maximum atomic E-state index is 11.5. The van der Waals surface area contributed by atoms with E-state index >= 15 is 0 Å². The van der Waals surface area contributed by atoms with E-state index in [1.54, 1.807) is 0 Å². The van der Waals surface area contributed by atoms with E-state index in [9.17, 15) is 4.79 Å². The molecule has 0 fully saturated rings. The van der Waals surface area contributed by atoms with Gasteiger partial charge in [-0.25, -0.2) is 4.79 Å². The maximum absolute atomic E-state index is 11.5. The van der Waals surface area contributed by atoms with Crippen LogP contribution in [0.2, 0.25) is 0 Å². The second kappa shape index (κ2) is 5.86. The van der Waals surface area contributed by atoms with Gasteiger partial charge in [-0.1, -0.05) is 5.16 Å². The summed E-state index contributed by atoms with van der Waals surface area (Å²) in [5.41, 5.74) is 5.93. The Morgan fingerprint density at radius 3 is 2.72 bits per heavy atom. The molecule has 1 unspecified atom stereocenters. The Morgan fingerprint density at radius 1 is 1.61 bits per heavy atom. The molecule has 1 aromatic heterocycles. The molecule has 1 atom stereocenters. The standard InChI is InChI=1S/C12H21N3O3/c1-8-5-10(18-15-8)9(6-13)7-14-11(16)17-12(2,3)4/h5,9H,6-7,13H2,1-4H3,(H,14,16). The number of carbonyl (C=O) groups excluding carboxylic acids is 1. The summed E-state index contributed by atoms with van der Waals surface area (Å²) in [6, 6.07) is 1.81.